The van der Waals surface area contributed by atoms with Gasteiger partial charge in [0.05, 0.1) is 13.2 Å². The highest BCUT2D eigenvalue weighted by Crippen LogP contribution is 2.23. The number of rotatable bonds is 7. The van der Waals surface area contributed by atoms with Gasteiger partial charge in [0.25, 0.3) is 0 Å². The highest BCUT2D eigenvalue weighted by atomic mass is 16.5. The molecule has 6 heteroatoms. The zero-order valence-corrected chi connectivity index (χ0v) is 12.2. The maximum absolute atomic E-state index is 12.4. The number of amides is 2. The predicted molar refractivity (Wildman–Crippen MR) is 73.2 cm³/mol. The van der Waals surface area contributed by atoms with E-state index in [-0.39, 0.29) is 17.9 Å². The minimum Gasteiger partial charge on any atom is -0.382 e. The number of methoxy groups -OCH3 is 1. The smallest absolute Gasteiger partial charge is 0.245 e. The van der Waals surface area contributed by atoms with Crippen molar-refractivity contribution in [2.24, 2.45) is 0 Å². The molecule has 0 aromatic rings. The Morgan fingerprint density at radius 1 is 1.20 bits per heavy atom. The second-order valence-corrected chi connectivity index (χ2v) is 5.28. The van der Waals surface area contributed by atoms with Crippen molar-refractivity contribution in [3.8, 4) is 0 Å². The Kier molecular flexibility index (Phi) is 5.79. The Labute approximate surface area is 120 Å². The molecule has 0 spiro atoms. The maximum atomic E-state index is 12.4. The van der Waals surface area contributed by atoms with E-state index in [4.69, 9.17) is 9.47 Å². The summed E-state index contributed by atoms with van der Waals surface area (Å²) in [5.74, 6) is 0.241. The Morgan fingerprint density at radius 3 is 2.85 bits per heavy atom. The molecular formula is C14H24N2O4. The van der Waals surface area contributed by atoms with Crippen LogP contribution >= 0.6 is 0 Å². The lowest BCUT2D eigenvalue weighted by molar-refractivity contribution is -0.139. The van der Waals surface area contributed by atoms with Crippen LogP contribution in [0.1, 0.15) is 25.7 Å². The Hall–Kier alpha value is -1.14. The molecule has 0 aromatic carbocycles. The van der Waals surface area contributed by atoms with Crippen LogP contribution in [0, 0.1) is 0 Å². The van der Waals surface area contributed by atoms with E-state index in [1.807, 2.05) is 4.90 Å². The Balaban J connectivity index is 1.76. The van der Waals surface area contributed by atoms with Crippen molar-refractivity contribution in [2.45, 2.75) is 31.7 Å². The van der Waals surface area contributed by atoms with Crippen LogP contribution < -0.4 is 0 Å². The molecule has 0 aliphatic carbocycles. The number of carbonyl (C=O) groups is 2. The Morgan fingerprint density at radius 2 is 2.05 bits per heavy atom. The molecule has 1 atom stereocenters. The van der Waals surface area contributed by atoms with Crippen molar-refractivity contribution >= 4 is 11.8 Å². The van der Waals surface area contributed by atoms with Gasteiger partial charge in [0.15, 0.2) is 0 Å². The van der Waals surface area contributed by atoms with Crippen molar-refractivity contribution in [3.63, 3.8) is 0 Å². The second kappa shape index (κ2) is 7.59. The van der Waals surface area contributed by atoms with Crippen LogP contribution in [0.2, 0.25) is 0 Å². The number of nitrogens with zero attached hydrogens (tertiary/aromatic N) is 2. The number of hydrogen-bond acceptors (Lipinski definition) is 4. The van der Waals surface area contributed by atoms with Crippen molar-refractivity contribution < 1.29 is 19.1 Å². The second-order valence-electron chi connectivity index (χ2n) is 5.28. The highest BCUT2D eigenvalue weighted by Gasteiger charge is 2.38. The number of ether oxygens (including phenoxy) is 2. The number of fused-ring (bicyclic) bond motifs is 1. The first-order chi connectivity index (χ1) is 9.74. The van der Waals surface area contributed by atoms with Gasteiger partial charge < -0.3 is 19.3 Å². The summed E-state index contributed by atoms with van der Waals surface area (Å²) in [6.45, 7) is 3.75. The topological polar surface area (TPSA) is 59.1 Å². The van der Waals surface area contributed by atoms with E-state index in [1.54, 1.807) is 12.0 Å². The van der Waals surface area contributed by atoms with E-state index in [0.717, 1.165) is 25.8 Å². The first kappa shape index (κ1) is 15.3. The molecule has 2 amide bonds. The molecule has 0 N–H and O–H groups in total. The zero-order chi connectivity index (χ0) is 14.4. The van der Waals surface area contributed by atoms with Crippen LogP contribution in [-0.2, 0) is 19.1 Å². The fourth-order valence-corrected chi connectivity index (χ4v) is 2.84. The molecule has 20 heavy (non-hydrogen) atoms. The first-order valence-corrected chi connectivity index (χ1v) is 7.39. The molecule has 2 rings (SSSR count). The monoisotopic (exact) mass is 284 g/mol. The third-order valence-electron chi connectivity index (χ3n) is 3.91. The van der Waals surface area contributed by atoms with E-state index < -0.39 is 0 Å². The summed E-state index contributed by atoms with van der Waals surface area (Å²) in [5, 5.41) is 0. The normalized spacial score (nSPS) is 23.1. The van der Waals surface area contributed by atoms with Gasteiger partial charge in [-0.05, 0) is 19.3 Å². The van der Waals surface area contributed by atoms with Crippen molar-refractivity contribution in [1.29, 1.82) is 0 Å². The van der Waals surface area contributed by atoms with Gasteiger partial charge in [-0.15, -0.1) is 0 Å². The molecule has 0 saturated carbocycles. The standard InChI is InChI=1S/C14H24N2O4/c1-19-10-11-20-9-3-6-15-8-5-13(17)16-7-2-4-12(16)14(15)18/h12H,2-11H2,1H3. The number of hydrogen-bond donors (Lipinski definition) is 0. The van der Waals surface area contributed by atoms with Crippen molar-refractivity contribution in [3.05, 3.63) is 0 Å². The van der Waals surface area contributed by atoms with Gasteiger partial charge in [0.2, 0.25) is 11.8 Å². The lowest BCUT2D eigenvalue weighted by Gasteiger charge is -2.25. The van der Waals surface area contributed by atoms with Crippen molar-refractivity contribution in [1.82, 2.24) is 9.80 Å². The molecule has 2 saturated heterocycles. The molecule has 2 aliphatic rings. The molecule has 0 bridgehead atoms. The lowest BCUT2D eigenvalue weighted by Crippen LogP contribution is -2.44. The van der Waals surface area contributed by atoms with Gasteiger partial charge in [-0.3, -0.25) is 9.59 Å². The molecular weight excluding hydrogens is 260 g/mol. The molecule has 2 aliphatic heterocycles. The molecule has 2 fully saturated rings. The quantitative estimate of drug-likeness (QED) is 0.629. The molecule has 114 valence electrons. The summed E-state index contributed by atoms with van der Waals surface area (Å²) in [7, 11) is 1.64. The fourth-order valence-electron chi connectivity index (χ4n) is 2.84. The van der Waals surface area contributed by atoms with Gasteiger partial charge >= 0.3 is 0 Å². The fraction of sp³-hybridized carbons (Fsp3) is 0.857. The van der Waals surface area contributed by atoms with Crippen LogP contribution in [0.3, 0.4) is 0 Å². The SMILES string of the molecule is COCCOCCCN1CCC(=O)N2CCCC2C1=O. The van der Waals surface area contributed by atoms with Crippen LogP contribution in [0.4, 0.5) is 0 Å². The van der Waals surface area contributed by atoms with Crippen LogP contribution in [0.25, 0.3) is 0 Å². The van der Waals surface area contributed by atoms with Gasteiger partial charge in [0, 0.05) is 39.8 Å². The van der Waals surface area contributed by atoms with Crippen LogP contribution in [-0.4, -0.2) is 74.2 Å². The zero-order valence-electron chi connectivity index (χ0n) is 12.2. The molecule has 6 nitrogen and oxygen atoms in total. The maximum Gasteiger partial charge on any atom is 0.245 e. The van der Waals surface area contributed by atoms with E-state index in [2.05, 4.69) is 0 Å². The molecule has 2 heterocycles. The third kappa shape index (κ3) is 3.70. The van der Waals surface area contributed by atoms with E-state index >= 15 is 0 Å². The summed E-state index contributed by atoms with van der Waals surface area (Å²) < 4.78 is 10.3. The molecule has 1 unspecified atom stereocenters. The van der Waals surface area contributed by atoms with Gasteiger partial charge in [-0.1, -0.05) is 0 Å². The number of carbonyl (C=O) groups excluding carboxylic acids is 2. The Bertz CT molecular complexity index is 348. The van der Waals surface area contributed by atoms with E-state index in [9.17, 15) is 9.59 Å². The largest absolute Gasteiger partial charge is 0.382 e. The van der Waals surface area contributed by atoms with Gasteiger partial charge in [-0.25, -0.2) is 0 Å². The van der Waals surface area contributed by atoms with Crippen LogP contribution in [0.15, 0.2) is 0 Å². The van der Waals surface area contributed by atoms with Crippen LogP contribution in [0.5, 0.6) is 0 Å². The minimum absolute atomic E-state index is 0.116. The lowest BCUT2D eigenvalue weighted by atomic mass is 10.2. The van der Waals surface area contributed by atoms with E-state index in [1.165, 1.54) is 0 Å². The van der Waals surface area contributed by atoms with E-state index in [0.29, 0.717) is 39.3 Å². The average molecular weight is 284 g/mol. The molecule has 0 radical (unpaired) electrons. The first-order valence-electron chi connectivity index (χ1n) is 7.39. The predicted octanol–water partition coefficient (Wildman–Crippen LogP) is 0.263. The summed E-state index contributed by atoms with van der Waals surface area (Å²) >= 11 is 0. The summed E-state index contributed by atoms with van der Waals surface area (Å²) in [6, 6.07) is -0.209. The van der Waals surface area contributed by atoms with Gasteiger partial charge in [-0.2, -0.15) is 0 Å². The molecule has 0 aromatic heterocycles. The summed E-state index contributed by atoms with van der Waals surface area (Å²) in [4.78, 5) is 27.9. The summed E-state index contributed by atoms with van der Waals surface area (Å²) in [6.07, 6.45) is 3.00. The van der Waals surface area contributed by atoms with Crippen molar-refractivity contribution in [2.75, 3.05) is 46.6 Å². The summed E-state index contributed by atoms with van der Waals surface area (Å²) in [5.41, 5.74) is 0. The highest BCUT2D eigenvalue weighted by molar-refractivity contribution is 5.90. The third-order valence-corrected chi connectivity index (χ3v) is 3.91. The minimum atomic E-state index is -0.209. The van der Waals surface area contributed by atoms with Gasteiger partial charge in [0.1, 0.15) is 6.04 Å². The average Bonchev–Trinajstić information content (AvgIpc) is 2.90.